The van der Waals surface area contributed by atoms with Gasteiger partial charge in [0.2, 0.25) is 0 Å². The summed E-state index contributed by atoms with van der Waals surface area (Å²) in [5, 5.41) is 6.33. The number of thiophene rings is 1. The molecule has 6 nitrogen and oxygen atoms in total. The Balaban J connectivity index is 1.72. The van der Waals surface area contributed by atoms with Crippen molar-refractivity contribution in [3.63, 3.8) is 0 Å². The second-order valence-electron chi connectivity index (χ2n) is 3.92. The fraction of sp³-hybridized carbons (Fsp3) is 0.167. The van der Waals surface area contributed by atoms with Crippen molar-refractivity contribution in [2.45, 2.75) is 6.61 Å². The van der Waals surface area contributed by atoms with Crippen LogP contribution in [0.15, 0.2) is 29.1 Å². The van der Waals surface area contributed by atoms with E-state index in [0.717, 1.165) is 5.56 Å². The Labute approximate surface area is 112 Å². The highest BCUT2D eigenvalue weighted by atomic mass is 32.1. The zero-order valence-corrected chi connectivity index (χ0v) is 10.6. The molecule has 0 fully saturated rings. The van der Waals surface area contributed by atoms with Crippen molar-refractivity contribution in [3.05, 3.63) is 40.7 Å². The molecule has 1 aliphatic rings. The second kappa shape index (κ2) is 4.77. The molecular weight excluding hydrogens is 268 g/mol. The highest BCUT2D eigenvalue weighted by molar-refractivity contribution is 7.18. The number of hydrogen-bond donors (Lipinski definition) is 2. The Morgan fingerprint density at radius 1 is 1.47 bits per heavy atom. The zero-order valence-electron chi connectivity index (χ0n) is 9.76. The molecule has 0 spiro atoms. The van der Waals surface area contributed by atoms with Crippen molar-refractivity contribution in [2.75, 3.05) is 12.0 Å². The number of carbonyl (C=O) groups is 2. The molecule has 0 saturated carbocycles. The number of hydrogen-bond acceptors (Lipinski definition) is 6. The Hall–Kier alpha value is -2.28. The molecule has 1 aliphatic heterocycles. The van der Waals surface area contributed by atoms with Gasteiger partial charge in [0, 0.05) is 5.56 Å². The van der Waals surface area contributed by atoms with E-state index in [1.165, 1.54) is 23.9 Å². The number of ether oxygens (including phenoxy) is 1. The third-order valence-electron chi connectivity index (χ3n) is 2.63. The van der Waals surface area contributed by atoms with Crippen LogP contribution in [0, 0.1) is 0 Å². The molecule has 1 amide bonds. The van der Waals surface area contributed by atoms with Gasteiger partial charge in [0.1, 0.15) is 16.5 Å². The normalized spacial score (nSPS) is 13.4. The molecule has 98 valence electrons. The zero-order chi connectivity index (χ0) is 13.2. The molecule has 0 radical (unpaired) electrons. The molecule has 0 atom stereocenters. The first-order valence-electron chi connectivity index (χ1n) is 5.58. The van der Waals surface area contributed by atoms with E-state index < -0.39 is 5.97 Å². The topological polar surface area (TPSA) is 80.6 Å². The first-order chi connectivity index (χ1) is 9.24. The van der Waals surface area contributed by atoms with E-state index in [9.17, 15) is 9.59 Å². The number of fused-ring (bicyclic) bond motifs is 1. The van der Waals surface area contributed by atoms with Crippen LogP contribution in [0.5, 0.6) is 0 Å². The van der Waals surface area contributed by atoms with E-state index in [4.69, 9.17) is 9.15 Å². The van der Waals surface area contributed by atoms with Gasteiger partial charge in [-0.15, -0.1) is 11.3 Å². The summed E-state index contributed by atoms with van der Waals surface area (Å²) in [6, 6.07) is 3.26. The lowest BCUT2D eigenvalue weighted by molar-refractivity contribution is 0.0478. The minimum Gasteiger partial charge on any atom is -0.472 e. The lowest BCUT2D eigenvalue weighted by atomic mass is 10.2. The quantitative estimate of drug-likeness (QED) is 0.837. The Kier molecular flexibility index (Phi) is 2.96. The molecular formula is C12H10N2O4S. The molecule has 0 aliphatic carbocycles. The molecule has 0 bridgehead atoms. The molecule has 2 aromatic rings. The van der Waals surface area contributed by atoms with E-state index in [1.54, 1.807) is 12.1 Å². The Morgan fingerprint density at radius 3 is 3.11 bits per heavy atom. The number of rotatable bonds is 3. The van der Waals surface area contributed by atoms with Gasteiger partial charge in [0.25, 0.3) is 5.91 Å². The van der Waals surface area contributed by atoms with Gasteiger partial charge in [0.15, 0.2) is 0 Å². The minimum absolute atomic E-state index is 0.150. The van der Waals surface area contributed by atoms with Gasteiger partial charge in [-0.2, -0.15) is 0 Å². The SMILES string of the molecule is O=C(OCc1ccoc1)c1cc2c(s1)NCNC2=O. The first-order valence-corrected chi connectivity index (χ1v) is 6.40. The van der Waals surface area contributed by atoms with Gasteiger partial charge in [0.05, 0.1) is 24.8 Å². The van der Waals surface area contributed by atoms with Crippen molar-refractivity contribution in [3.8, 4) is 0 Å². The van der Waals surface area contributed by atoms with E-state index in [2.05, 4.69) is 10.6 Å². The molecule has 7 heteroatoms. The van der Waals surface area contributed by atoms with Crippen LogP contribution in [0.2, 0.25) is 0 Å². The molecule has 2 N–H and O–H groups in total. The Bertz CT molecular complexity index is 618. The van der Waals surface area contributed by atoms with Crippen LogP contribution in [0.1, 0.15) is 25.6 Å². The standard InChI is InChI=1S/C12H10N2O4S/c15-10-8-3-9(19-11(8)14-6-13-10)12(16)18-5-7-1-2-17-4-7/h1-4,14H,5-6H2,(H,13,15). The van der Waals surface area contributed by atoms with Crippen LogP contribution in [0.25, 0.3) is 0 Å². The number of esters is 1. The summed E-state index contributed by atoms with van der Waals surface area (Å²) >= 11 is 1.21. The maximum atomic E-state index is 11.9. The average Bonchev–Trinajstić information content (AvgIpc) is 3.05. The second-order valence-corrected chi connectivity index (χ2v) is 4.97. The third-order valence-corrected chi connectivity index (χ3v) is 3.70. The summed E-state index contributed by atoms with van der Waals surface area (Å²) in [5.41, 5.74) is 1.26. The summed E-state index contributed by atoms with van der Waals surface area (Å²) < 4.78 is 10.0. The van der Waals surface area contributed by atoms with Gasteiger partial charge in [-0.05, 0) is 12.1 Å². The fourth-order valence-corrected chi connectivity index (χ4v) is 2.63. The summed E-state index contributed by atoms with van der Waals surface area (Å²) in [7, 11) is 0. The monoisotopic (exact) mass is 278 g/mol. The lowest BCUT2D eigenvalue weighted by Gasteiger charge is -2.13. The average molecular weight is 278 g/mol. The highest BCUT2D eigenvalue weighted by Crippen LogP contribution is 2.30. The smallest absolute Gasteiger partial charge is 0.348 e. The van der Waals surface area contributed by atoms with Gasteiger partial charge in [-0.1, -0.05) is 0 Å². The molecule has 3 heterocycles. The third kappa shape index (κ3) is 2.32. The highest BCUT2D eigenvalue weighted by Gasteiger charge is 2.23. The predicted octanol–water partition coefficient (Wildman–Crippen LogP) is 1.81. The number of nitrogens with one attached hydrogen (secondary N) is 2. The van der Waals surface area contributed by atoms with Gasteiger partial charge in [-0.25, -0.2) is 4.79 Å². The van der Waals surface area contributed by atoms with E-state index >= 15 is 0 Å². The van der Waals surface area contributed by atoms with Crippen molar-refractivity contribution in [2.24, 2.45) is 0 Å². The van der Waals surface area contributed by atoms with E-state index in [0.29, 0.717) is 22.1 Å². The van der Waals surface area contributed by atoms with Crippen LogP contribution in [0.3, 0.4) is 0 Å². The van der Waals surface area contributed by atoms with E-state index in [1.807, 2.05) is 0 Å². The molecule has 19 heavy (non-hydrogen) atoms. The largest absolute Gasteiger partial charge is 0.472 e. The minimum atomic E-state index is -0.449. The Morgan fingerprint density at radius 2 is 2.37 bits per heavy atom. The van der Waals surface area contributed by atoms with Crippen LogP contribution < -0.4 is 10.6 Å². The van der Waals surface area contributed by atoms with Crippen LogP contribution in [-0.2, 0) is 11.3 Å². The number of furan rings is 1. The van der Waals surface area contributed by atoms with Gasteiger partial charge >= 0.3 is 5.97 Å². The maximum absolute atomic E-state index is 11.9. The van der Waals surface area contributed by atoms with Crippen molar-refractivity contribution < 1.29 is 18.7 Å². The molecule has 0 aromatic carbocycles. The van der Waals surface area contributed by atoms with Crippen LogP contribution >= 0.6 is 11.3 Å². The summed E-state index contributed by atoms with van der Waals surface area (Å²) in [4.78, 5) is 23.8. The van der Waals surface area contributed by atoms with Crippen molar-refractivity contribution in [1.29, 1.82) is 0 Å². The number of anilines is 1. The number of carbonyl (C=O) groups excluding carboxylic acids is 2. The predicted molar refractivity (Wildman–Crippen MR) is 68.1 cm³/mol. The summed E-state index contributed by atoms with van der Waals surface area (Å²) in [5.74, 6) is -0.630. The number of amides is 1. The molecule has 0 saturated heterocycles. The summed E-state index contributed by atoms with van der Waals surface area (Å²) in [6.07, 6.45) is 3.03. The lowest BCUT2D eigenvalue weighted by Crippen LogP contribution is -2.33. The first kappa shape index (κ1) is 11.8. The summed E-state index contributed by atoms with van der Waals surface area (Å²) in [6.45, 7) is 0.521. The van der Waals surface area contributed by atoms with Gasteiger partial charge in [-0.3, -0.25) is 4.79 Å². The fourth-order valence-electron chi connectivity index (χ4n) is 1.69. The van der Waals surface area contributed by atoms with Crippen molar-refractivity contribution >= 4 is 28.2 Å². The van der Waals surface area contributed by atoms with E-state index in [-0.39, 0.29) is 12.5 Å². The molecule has 2 aromatic heterocycles. The van der Waals surface area contributed by atoms with Crippen LogP contribution in [-0.4, -0.2) is 18.5 Å². The van der Waals surface area contributed by atoms with Gasteiger partial charge < -0.3 is 19.8 Å². The molecule has 0 unspecified atom stereocenters. The van der Waals surface area contributed by atoms with Crippen LogP contribution in [0.4, 0.5) is 5.00 Å². The van der Waals surface area contributed by atoms with Crippen molar-refractivity contribution in [1.82, 2.24) is 5.32 Å². The maximum Gasteiger partial charge on any atom is 0.348 e. The molecule has 3 rings (SSSR count).